The number of methoxy groups -OCH3 is 1. The van der Waals surface area contributed by atoms with E-state index in [2.05, 4.69) is 9.82 Å². The second kappa shape index (κ2) is 6.86. The Bertz CT molecular complexity index is 921. The zero-order chi connectivity index (χ0) is 17.0. The molecule has 24 heavy (non-hydrogen) atoms. The highest BCUT2D eigenvalue weighted by Crippen LogP contribution is 2.22. The lowest BCUT2D eigenvalue weighted by Crippen LogP contribution is -2.23. The second-order valence-electron chi connectivity index (χ2n) is 5.10. The Hall–Kier alpha value is -2.64. The molecule has 1 aromatic heterocycles. The first-order valence-electron chi connectivity index (χ1n) is 7.32. The van der Waals surface area contributed by atoms with Crippen LogP contribution in [0.3, 0.4) is 0 Å². The van der Waals surface area contributed by atoms with Crippen molar-refractivity contribution in [2.45, 2.75) is 11.4 Å². The van der Waals surface area contributed by atoms with Crippen LogP contribution in [0.4, 0.5) is 0 Å². The Morgan fingerprint density at radius 3 is 2.54 bits per heavy atom. The third-order valence-corrected chi connectivity index (χ3v) is 4.92. The summed E-state index contributed by atoms with van der Waals surface area (Å²) >= 11 is 0. The van der Waals surface area contributed by atoms with Gasteiger partial charge in [0.2, 0.25) is 10.0 Å². The van der Waals surface area contributed by atoms with Gasteiger partial charge < -0.3 is 4.74 Å². The number of nitrogens with zero attached hydrogens (tertiary/aromatic N) is 2. The minimum Gasteiger partial charge on any atom is -0.495 e. The molecule has 0 bridgehead atoms. The van der Waals surface area contributed by atoms with Gasteiger partial charge in [0.15, 0.2) is 0 Å². The number of hydrogen-bond acceptors (Lipinski definition) is 4. The third-order valence-electron chi connectivity index (χ3n) is 3.48. The van der Waals surface area contributed by atoms with E-state index < -0.39 is 10.0 Å². The lowest BCUT2D eigenvalue weighted by molar-refractivity contribution is 0.402. The molecule has 124 valence electrons. The van der Waals surface area contributed by atoms with Gasteiger partial charge in [-0.1, -0.05) is 30.3 Å². The average Bonchev–Trinajstić information content (AvgIpc) is 3.10. The van der Waals surface area contributed by atoms with Crippen molar-refractivity contribution in [3.05, 3.63) is 72.6 Å². The summed E-state index contributed by atoms with van der Waals surface area (Å²) in [6.45, 7) is 0.146. The number of sulfonamides is 1. The van der Waals surface area contributed by atoms with Crippen LogP contribution in [0.5, 0.6) is 5.75 Å². The van der Waals surface area contributed by atoms with Crippen molar-refractivity contribution < 1.29 is 13.2 Å². The van der Waals surface area contributed by atoms with Crippen LogP contribution < -0.4 is 9.46 Å². The third kappa shape index (κ3) is 3.47. The lowest BCUT2D eigenvalue weighted by atomic mass is 10.3. The van der Waals surface area contributed by atoms with Crippen LogP contribution in [0.25, 0.3) is 5.69 Å². The second-order valence-corrected chi connectivity index (χ2v) is 6.84. The quantitative estimate of drug-likeness (QED) is 0.746. The van der Waals surface area contributed by atoms with E-state index in [-0.39, 0.29) is 11.4 Å². The molecule has 3 rings (SSSR count). The molecule has 1 N–H and O–H groups in total. The number of rotatable bonds is 6. The van der Waals surface area contributed by atoms with E-state index >= 15 is 0 Å². The van der Waals surface area contributed by atoms with Crippen molar-refractivity contribution in [2.24, 2.45) is 0 Å². The number of ether oxygens (including phenoxy) is 1. The van der Waals surface area contributed by atoms with Gasteiger partial charge in [-0.2, -0.15) is 5.10 Å². The van der Waals surface area contributed by atoms with Crippen LogP contribution in [0.2, 0.25) is 0 Å². The molecule has 6 nitrogen and oxygen atoms in total. The van der Waals surface area contributed by atoms with Gasteiger partial charge in [-0.3, -0.25) is 0 Å². The molecule has 0 aliphatic heterocycles. The Morgan fingerprint density at radius 1 is 1.08 bits per heavy atom. The summed E-state index contributed by atoms with van der Waals surface area (Å²) in [5, 5.41) is 4.25. The maximum Gasteiger partial charge on any atom is 0.244 e. The van der Waals surface area contributed by atoms with Crippen LogP contribution in [0.15, 0.2) is 71.9 Å². The molecule has 0 aliphatic carbocycles. The SMILES string of the molecule is COc1ccccc1S(=O)(=O)NCc1cnn(-c2ccccc2)c1. The van der Waals surface area contributed by atoms with Gasteiger partial charge in [0.05, 0.1) is 19.0 Å². The topological polar surface area (TPSA) is 73.2 Å². The molecule has 1 heterocycles. The summed E-state index contributed by atoms with van der Waals surface area (Å²) in [4.78, 5) is 0.114. The largest absolute Gasteiger partial charge is 0.495 e. The molecule has 2 aromatic carbocycles. The van der Waals surface area contributed by atoms with Gasteiger partial charge in [-0.25, -0.2) is 17.8 Å². The Labute approximate surface area is 140 Å². The van der Waals surface area contributed by atoms with Gasteiger partial charge in [0, 0.05) is 18.3 Å². The monoisotopic (exact) mass is 343 g/mol. The number of nitrogens with one attached hydrogen (secondary N) is 1. The summed E-state index contributed by atoms with van der Waals surface area (Å²) in [6, 6.07) is 16.1. The molecule has 0 unspecified atom stereocenters. The average molecular weight is 343 g/mol. The van der Waals surface area contributed by atoms with E-state index in [0.29, 0.717) is 5.75 Å². The zero-order valence-corrected chi connectivity index (χ0v) is 13.9. The fourth-order valence-electron chi connectivity index (χ4n) is 2.27. The summed E-state index contributed by atoms with van der Waals surface area (Å²) in [7, 11) is -2.23. The number of benzene rings is 2. The summed E-state index contributed by atoms with van der Waals surface area (Å²) in [6.07, 6.45) is 3.43. The van der Waals surface area contributed by atoms with E-state index in [0.717, 1.165) is 11.3 Å². The van der Waals surface area contributed by atoms with Crippen molar-refractivity contribution in [1.82, 2.24) is 14.5 Å². The normalized spacial score (nSPS) is 11.4. The van der Waals surface area contributed by atoms with Crippen molar-refractivity contribution in [2.75, 3.05) is 7.11 Å². The van der Waals surface area contributed by atoms with Crippen LogP contribution in [-0.4, -0.2) is 25.3 Å². The molecule has 0 amide bonds. The fourth-order valence-corrected chi connectivity index (χ4v) is 3.46. The molecule has 0 fully saturated rings. The van der Waals surface area contributed by atoms with Gasteiger partial charge >= 0.3 is 0 Å². The standard InChI is InChI=1S/C17H17N3O3S/c1-23-16-9-5-6-10-17(16)24(21,22)19-12-14-11-18-20(13-14)15-7-3-2-4-8-15/h2-11,13,19H,12H2,1H3. The lowest BCUT2D eigenvalue weighted by Gasteiger charge is -2.09. The molecule has 3 aromatic rings. The van der Waals surface area contributed by atoms with Crippen molar-refractivity contribution in [1.29, 1.82) is 0 Å². The Morgan fingerprint density at radius 2 is 1.79 bits per heavy atom. The van der Waals surface area contributed by atoms with Crippen LogP contribution in [-0.2, 0) is 16.6 Å². The maximum absolute atomic E-state index is 12.4. The van der Waals surface area contributed by atoms with Crippen molar-refractivity contribution in [3.8, 4) is 11.4 Å². The van der Waals surface area contributed by atoms with E-state index in [1.54, 1.807) is 35.3 Å². The first-order valence-corrected chi connectivity index (χ1v) is 8.80. The molecule has 0 saturated carbocycles. The summed E-state index contributed by atoms with van der Waals surface area (Å²) in [5.41, 5.74) is 1.67. The van der Waals surface area contributed by atoms with E-state index in [1.165, 1.54) is 13.2 Å². The smallest absolute Gasteiger partial charge is 0.244 e. The Balaban J connectivity index is 1.75. The maximum atomic E-state index is 12.4. The molecule has 0 atom stereocenters. The number of aromatic nitrogens is 2. The highest BCUT2D eigenvalue weighted by molar-refractivity contribution is 7.89. The van der Waals surface area contributed by atoms with Crippen LogP contribution >= 0.6 is 0 Å². The predicted octanol–water partition coefficient (Wildman–Crippen LogP) is 2.36. The predicted molar refractivity (Wildman–Crippen MR) is 90.6 cm³/mol. The molecule has 7 heteroatoms. The highest BCUT2D eigenvalue weighted by Gasteiger charge is 2.18. The van der Waals surface area contributed by atoms with Crippen LogP contribution in [0.1, 0.15) is 5.56 Å². The number of para-hydroxylation sites is 2. The minimum atomic E-state index is -3.67. The van der Waals surface area contributed by atoms with Crippen molar-refractivity contribution >= 4 is 10.0 Å². The van der Waals surface area contributed by atoms with Gasteiger partial charge in [-0.15, -0.1) is 0 Å². The molecule has 0 radical (unpaired) electrons. The summed E-state index contributed by atoms with van der Waals surface area (Å²) < 4.78 is 34.3. The van der Waals surface area contributed by atoms with Gasteiger partial charge in [0.25, 0.3) is 0 Å². The molecule has 0 spiro atoms. The first kappa shape index (κ1) is 16.2. The molecular weight excluding hydrogens is 326 g/mol. The first-order chi connectivity index (χ1) is 11.6. The van der Waals surface area contributed by atoms with Crippen LogP contribution in [0, 0.1) is 0 Å². The van der Waals surface area contributed by atoms with Crippen molar-refractivity contribution in [3.63, 3.8) is 0 Å². The number of hydrogen-bond donors (Lipinski definition) is 1. The van der Waals surface area contributed by atoms with E-state index in [4.69, 9.17) is 4.74 Å². The molecular formula is C17H17N3O3S. The summed E-state index contributed by atoms with van der Waals surface area (Å²) in [5.74, 6) is 0.310. The van der Waals surface area contributed by atoms with Gasteiger partial charge in [0.1, 0.15) is 10.6 Å². The molecule has 0 aliphatic rings. The van der Waals surface area contributed by atoms with Gasteiger partial charge in [-0.05, 0) is 24.3 Å². The molecule has 0 saturated heterocycles. The van der Waals surface area contributed by atoms with E-state index in [9.17, 15) is 8.42 Å². The van der Waals surface area contributed by atoms with E-state index in [1.807, 2.05) is 30.3 Å². The fraction of sp³-hybridized carbons (Fsp3) is 0.118. The minimum absolute atomic E-state index is 0.114. The Kier molecular flexibility index (Phi) is 4.64. The highest BCUT2D eigenvalue weighted by atomic mass is 32.2. The zero-order valence-electron chi connectivity index (χ0n) is 13.1.